The van der Waals surface area contributed by atoms with Crippen LogP contribution in [0.25, 0.3) is 17.0 Å². The third-order valence-electron chi connectivity index (χ3n) is 2.32. The average Bonchev–Trinajstić information content (AvgIpc) is 2.28. The lowest BCUT2D eigenvalue weighted by molar-refractivity contribution is 0.460. The third-order valence-corrected chi connectivity index (χ3v) is 2.57. The standard InChI is InChI=1S/C12H11NO3S/c14-11-10-8(4-1-2-7-17)5-3-6-9(10)13-12(15)16-11/h1,3-6,17H,2,7H2,(H,13,15). The fourth-order valence-electron chi connectivity index (χ4n) is 1.60. The van der Waals surface area contributed by atoms with Gasteiger partial charge in [-0.25, -0.2) is 9.59 Å². The van der Waals surface area contributed by atoms with E-state index in [1.807, 2.05) is 12.2 Å². The maximum Gasteiger partial charge on any atom is 0.419 e. The molecule has 4 nitrogen and oxygen atoms in total. The van der Waals surface area contributed by atoms with E-state index in [1.165, 1.54) is 0 Å². The fraction of sp³-hybridized carbons (Fsp3) is 0.167. The molecule has 0 saturated carbocycles. The first kappa shape index (κ1) is 11.7. The second-order valence-corrected chi connectivity index (χ2v) is 3.93. The van der Waals surface area contributed by atoms with E-state index in [9.17, 15) is 9.59 Å². The molecule has 0 atom stereocenters. The van der Waals surface area contributed by atoms with Crippen LogP contribution in [-0.2, 0) is 0 Å². The van der Waals surface area contributed by atoms with E-state index >= 15 is 0 Å². The number of nitrogens with one attached hydrogen (secondary N) is 1. The van der Waals surface area contributed by atoms with Crippen LogP contribution in [0.3, 0.4) is 0 Å². The van der Waals surface area contributed by atoms with Gasteiger partial charge in [-0.3, -0.25) is 4.98 Å². The van der Waals surface area contributed by atoms with Gasteiger partial charge in [0.25, 0.3) is 0 Å². The molecular formula is C12H11NO3S. The molecule has 5 heteroatoms. The highest BCUT2D eigenvalue weighted by Crippen LogP contribution is 2.13. The Kier molecular flexibility index (Phi) is 3.49. The van der Waals surface area contributed by atoms with E-state index < -0.39 is 11.4 Å². The highest BCUT2D eigenvalue weighted by molar-refractivity contribution is 7.80. The Balaban J connectivity index is 2.65. The molecule has 88 valence electrons. The summed E-state index contributed by atoms with van der Waals surface area (Å²) in [4.78, 5) is 25.1. The molecule has 0 fully saturated rings. The van der Waals surface area contributed by atoms with Gasteiger partial charge >= 0.3 is 11.4 Å². The molecule has 0 spiro atoms. The van der Waals surface area contributed by atoms with Crippen molar-refractivity contribution in [2.75, 3.05) is 5.75 Å². The lowest BCUT2D eigenvalue weighted by Crippen LogP contribution is -2.15. The molecule has 1 aromatic heterocycles. The molecule has 17 heavy (non-hydrogen) atoms. The predicted octanol–water partition coefficient (Wildman–Crippen LogP) is 1.81. The van der Waals surface area contributed by atoms with Crippen LogP contribution in [0.4, 0.5) is 0 Å². The minimum absolute atomic E-state index is 0.391. The van der Waals surface area contributed by atoms with Gasteiger partial charge in [0.15, 0.2) is 0 Å². The average molecular weight is 249 g/mol. The maximum atomic E-state index is 11.6. The molecule has 0 bridgehead atoms. The normalized spacial score (nSPS) is 11.4. The van der Waals surface area contributed by atoms with E-state index in [0.29, 0.717) is 10.9 Å². The maximum absolute atomic E-state index is 11.6. The van der Waals surface area contributed by atoms with Gasteiger partial charge in [-0.15, -0.1) is 0 Å². The first-order valence-electron chi connectivity index (χ1n) is 5.16. The number of benzene rings is 1. The Labute approximate surface area is 102 Å². The molecule has 0 aliphatic heterocycles. The van der Waals surface area contributed by atoms with Gasteiger partial charge in [-0.05, 0) is 23.8 Å². The summed E-state index contributed by atoms with van der Waals surface area (Å²) in [6, 6.07) is 5.24. The number of aromatic nitrogens is 1. The first-order chi connectivity index (χ1) is 8.22. The number of aromatic amines is 1. The van der Waals surface area contributed by atoms with E-state index in [-0.39, 0.29) is 0 Å². The van der Waals surface area contributed by atoms with Gasteiger partial charge < -0.3 is 4.42 Å². The van der Waals surface area contributed by atoms with Crippen LogP contribution in [0.2, 0.25) is 0 Å². The number of thiol groups is 1. The lowest BCUT2D eigenvalue weighted by atomic mass is 10.1. The van der Waals surface area contributed by atoms with Gasteiger partial charge in [0.1, 0.15) is 0 Å². The zero-order valence-corrected chi connectivity index (χ0v) is 9.87. The monoisotopic (exact) mass is 249 g/mol. The summed E-state index contributed by atoms with van der Waals surface area (Å²) in [6.45, 7) is 0. The highest BCUT2D eigenvalue weighted by Gasteiger charge is 2.05. The van der Waals surface area contributed by atoms with Gasteiger partial charge in [0.2, 0.25) is 0 Å². The SMILES string of the molecule is O=c1[nH]c2cccc(C=CCCS)c2c(=O)o1. The predicted molar refractivity (Wildman–Crippen MR) is 70.6 cm³/mol. The Morgan fingerprint density at radius 3 is 2.94 bits per heavy atom. The number of H-pyrrole nitrogens is 1. The van der Waals surface area contributed by atoms with E-state index in [2.05, 4.69) is 22.0 Å². The van der Waals surface area contributed by atoms with Crippen LogP contribution >= 0.6 is 12.6 Å². The van der Waals surface area contributed by atoms with Crippen LogP contribution in [-0.4, -0.2) is 10.7 Å². The van der Waals surface area contributed by atoms with Crippen molar-refractivity contribution in [1.82, 2.24) is 4.98 Å². The molecule has 1 aromatic carbocycles. The lowest BCUT2D eigenvalue weighted by Gasteiger charge is -1.99. The Morgan fingerprint density at radius 1 is 1.35 bits per heavy atom. The van der Waals surface area contributed by atoms with E-state index in [4.69, 9.17) is 0 Å². The Morgan fingerprint density at radius 2 is 2.18 bits per heavy atom. The summed E-state index contributed by atoms with van der Waals surface area (Å²) in [5.41, 5.74) is 0.600. The number of rotatable bonds is 3. The minimum atomic E-state index is -0.737. The molecule has 2 rings (SSSR count). The number of hydrogen-bond acceptors (Lipinski definition) is 4. The van der Waals surface area contributed by atoms with Gasteiger partial charge in [-0.1, -0.05) is 24.3 Å². The van der Waals surface area contributed by atoms with Crippen molar-refractivity contribution in [3.8, 4) is 0 Å². The summed E-state index contributed by atoms with van der Waals surface area (Å²) in [7, 11) is 0. The molecule has 0 unspecified atom stereocenters. The van der Waals surface area contributed by atoms with Gasteiger partial charge in [-0.2, -0.15) is 12.6 Å². The second kappa shape index (κ2) is 5.05. The van der Waals surface area contributed by atoms with Crippen molar-refractivity contribution in [3.05, 3.63) is 50.8 Å². The molecule has 0 radical (unpaired) electrons. The highest BCUT2D eigenvalue weighted by atomic mass is 32.1. The molecule has 0 amide bonds. The Bertz CT molecular complexity index is 669. The van der Waals surface area contributed by atoms with Crippen molar-refractivity contribution < 1.29 is 4.42 Å². The van der Waals surface area contributed by atoms with Crippen molar-refractivity contribution in [2.24, 2.45) is 0 Å². The molecule has 1 heterocycles. The summed E-state index contributed by atoms with van der Waals surface area (Å²) in [5.74, 6) is 0.00572. The zero-order valence-electron chi connectivity index (χ0n) is 8.97. The van der Waals surface area contributed by atoms with Crippen LogP contribution in [0, 0.1) is 0 Å². The zero-order chi connectivity index (χ0) is 12.3. The second-order valence-electron chi connectivity index (χ2n) is 3.49. The van der Waals surface area contributed by atoms with E-state index in [0.717, 1.165) is 17.7 Å². The number of hydrogen-bond donors (Lipinski definition) is 2. The van der Waals surface area contributed by atoms with Crippen LogP contribution in [0.15, 0.2) is 38.3 Å². The van der Waals surface area contributed by atoms with Crippen LogP contribution < -0.4 is 11.4 Å². The quantitative estimate of drug-likeness (QED) is 0.815. The fourth-order valence-corrected chi connectivity index (χ4v) is 1.75. The summed E-state index contributed by atoms with van der Waals surface area (Å²) in [5, 5.41) is 0.391. The van der Waals surface area contributed by atoms with Crippen molar-refractivity contribution in [2.45, 2.75) is 6.42 Å². The third kappa shape index (κ3) is 2.50. The minimum Gasteiger partial charge on any atom is -0.372 e. The topological polar surface area (TPSA) is 63.1 Å². The summed E-state index contributed by atoms with van der Waals surface area (Å²) < 4.78 is 4.52. The van der Waals surface area contributed by atoms with Crippen LogP contribution in [0.5, 0.6) is 0 Å². The molecule has 0 saturated heterocycles. The molecule has 1 N–H and O–H groups in total. The number of allylic oxidation sites excluding steroid dienone is 1. The van der Waals surface area contributed by atoms with Gasteiger partial charge in [0, 0.05) is 0 Å². The first-order valence-corrected chi connectivity index (χ1v) is 5.79. The van der Waals surface area contributed by atoms with Crippen LogP contribution in [0.1, 0.15) is 12.0 Å². The molecule has 0 aliphatic carbocycles. The Hall–Kier alpha value is -1.75. The molecular weight excluding hydrogens is 238 g/mol. The molecule has 2 aromatic rings. The van der Waals surface area contributed by atoms with Crippen molar-refractivity contribution in [1.29, 1.82) is 0 Å². The largest absolute Gasteiger partial charge is 0.419 e. The van der Waals surface area contributed by atoms with Crippen molar-refractivity contribution >= 4 is 29.6 Å². The smallest absolute Gasteiger partial charge is 0.372 e. The number of fused-ring (bicyclic) bond motifs is 1. The van der Waals surface area contributed by atoms with E-state index in [1.54, 1.807) is 18.2 Å². The summed E-state index contributed by atoms with van der Waals surface area (Å²) >= 11 is 4.10. The molecule has 0 aliphatic rings. The van der Waals surface area contributed by atoms with Gasteiger partial charge in [0.05, 0.1) is 10.9 Å². The van der Waals surface area contributed by atoms with Crippen molar-refractivity contribution in [3.63, 3.8) is 0 Å². The summed E-state index contributed by atoms with van der Waals surface area (Å²) in [6.07, 6.45) is 4.56.